The number of likely N-dealkylation sites (tertiary alicyclic amines) is 1. The minimum atomic E-state index is 0.201. The second kappa shape index (κ2) is 6.02. The van der Waals surface area contributed by atoms with E-state index in [0.717, 1.165) is 35.3 Å². The topological polar surface area (TPSA) is 32.3 Å². The molecule has 0 saturated carbocycles. The number of rotatable bonds is 1. The first-order valence-electron chi connectivity index (χ1n) is 7.44. The van der Waals surface area contributed by atoms with Gasteiger partial charge in [-0.25, -0.2) is 0 Å². The Morgan fingerprint density at radius 3 is 2.50 bits per heavy atom. The van der Waals surface area contributed by atoms with Gasteiger partial charge < -0.3 is 10.2 Å². The monoisotopic (exact) mass is 384 g/mol. The van der Waals surface area contributed by atoms with Crippen LogP contribution in [0.25, 0.3) is 0 Å². The van der Waals surface area contributed by atoms with Crippen molar-refractivity contribution in [1.29, 1.82) is 0 Å². The molecule has 2 fully saturated rings. The molecule has 20 heavy (non-hydrogen) atoms. The predicted octanol–water partition coefficient (Wildman–Crippen LogP) is 2.90. The molecule has 1 aromatic carbocycles. The maximum absolute atomic E-state index is 12.5. The van der Waals surface area contributed by atoms with Gasteiger partial charge in [-0.3, -0.25) is 4.79 Å². The van der Waals surface area contributed by atoms with Crippen molar-refractivity contribution < 1.29 is 4.79 Å². The molecular formula is C16H21IN2O. The summed E-state index contributed by atoms with van der Waals surface area (Å²) in [5.41, 5.74) is 1.34. The van der Waals surface area contributed by atoms with Crippen LogP contribution in [0.4, 0.5) is 0 Å². The highest BCUT2D eigenvalue weighted by molar-refractivity contribution is 14.1. The molecule has 1 amide bonds. The van der Waals surface area contributed by atoms with Crippen LogP contribution >= 0.6 is 22.6 Å². The summed E-state index contributed by atoms with van der Waals surface area (Å²) >= 11 is 2.26. The first kappa shape index (κ1) is 14.3. The molecule has 4 heteroatoms. The SMILES string of the molecule is O=C(c1cccc(I)c1)N1CCC2(CCNCC2)CC1. The molecule has 108 valence electrons. The largest absolute Gasteiger partial charge is 0.339 e. The molecule has 1 N–H and O–H groups in total. The number of amides is 1. The summed E-state index contributed by atoms with van der Waals surface area (Å²) in [6, 6.07) is 7.90. The standard InChI is InChI=1S/C16H21IN2O/c17-14-3-1-2-13(12-14)15(20)19-10-6-16(7-11-19)4-8-18-9-5-16/h1-3,12,18H,4-11H2. The van der Waals surface area contributed by atoms with E-state index >= 15 is 0 Å². The van der Waals surface area contributed by atoms with Gasteiger partial charge in [-0.2, -0.15) is 0 Å². The fourth-order valence-electron chi connectivity index (χ4n) is 3.45. The molecule has 0 aromatic heterocycles. The van der Waals surface area contributed by atoms with Crippen molar-refractivity contribution in [3.8, 4) is 0 Å². The Balaban J connectivity index is 1.64. The number of carbonyl (C=O) groups is 1. The second-order valence-corrected chi connectivity index (χ2v) is 7.30. The molecule has 0 aliphatic carbocycles. The van der Waals surface area contributed by atoms with Crippen molar-refractivity contribution >= 4 is 28.5 Å². The normalized spacial score (nSPS) is 21.9. The van der Waals surface area contributed by atoms with Crippen LogP contribution in [0.1, 0.15) is 36.0 Å². The smallest absolute Gasteiger partial charge is 0.253 e. The highest BCUT2D eigenvalue weighted by Crippen LogP contribution is 2.39. The fourth-order valence-corrected chi connectivity index (χ4v) is 3.99. The van der Waals surface area contributed by atoms with Crippen molar-refractivity contribution in [1.82, 2.24) is 10.2 Å². The second-order valence-electron chi connectivity index (χ2n) is 6.05. The number of halogens is 1. The van der Waals surface area contributed by atoms with Gasteiger partial charge in [0.2, 0.25) is 0 Å². The summed E-state index contributed by atoms with van der Waals surface area (Å²) in [7, 11) is 0. The summed E-state index contributed by atoms with van der Waals surface area (Å²) in [4.78, 5) is 14.6. The van der Waals surface area contributed by atoms with E-state index in [4.69, 9.17) is 0 Å². The minimum absolute atomic E-state index is 0.201. The van der Waals surface area contributed by atoms with Crippen LogP contribution < -0.4 is 5.32 Å². The molecule has 0 atom stereocenters. The number of hydrogen-bond acceptors (Lipinski definition) is 2. The number of piperidine rings is 2. The van der Waals surface area contributed by atoms with Crippen LogP contribution in [0.5, 0.6) is 0 Å². The van der Waals surface area contributed by atoms with Crippen LogP contribution in [0.15, 0.2) is 24.3 Å². The van der Waals surface area contributed by atoms with Gasteiger partial charge >= 0.3 is 0 Å². The lowest BCUT2D eigenvalue weighted by Crippen LogP contribution is -2.47. The highest BCUT2D eigenvalue weighted by Gasteiger charge is 2.36. The van der Waals surface area contributed by atoms with Gasteiger partial charge in [-0.15, -0.1) is 0 Å². The maximum atomic E-state index is 12.5. The fraction of sp³-hybridized carbons (Fsp3) is 0.562. The van der Waals surface area contributed by atoms with E-state index in [0.29, 0.717) is 5.41 Å². The third-order valence-corrected chi connectivity index (χ3v) is 5.52. The molecular weight excluding hydrogens is 363 g/mol. The highest BCUT2D eigenvalue weighted by atomic mass is 127. The average Bonchev–Trinajstić information content (AvgIpc) is 2.48. The Kier molecular flexibility index (Phi) is 4.31. The molecule has 0 unspecified atom stereocenters. The summed E-state index contributed by atoms with van der Waals surface area (Å²) in [6.07, 6.45) is 4.89. The number of nitrogens with one attached hydrogen (secondary N) is 1. The van der Waals surface area contributed by atoms with Crippen molar-refractivity contribution in [3.63, 3.8) is 0 Å². The van der Waals surface area contributed by atoms with Crippen LogP contribution in [0.2, 0.25) is 0 Å². The Morgan fingerprint density at radius 1 is 1.15 bits per heavy atom. The van der Waals surface area contributed by atoms with E-state index in [1.54, 1.807) is 0 Å². The lowest BCUT2D eigenvalue weighted by molar-refractivity contribution is 0.0495. The first-order chi connectivity index (χ1) is 9.69. The van der Waals surface area contributed by atoms with Crippen LogP contribution in [-0.2, 0) is 0 Å². The lowest BCUT2D eigenvalue weighted by atomic mass is 9.71. The Labute approximate surface area is 134 Å². The average molecular weight is 384 g/mol. The van der Waals surface area contributed by atoms with Crippen LogP contribution in [0, 0.1) is 8.99 Å². The van der Waals surface area contributed by atoms with Crippen molar-refractivity contribution in [2.75, 3.05) is 26.2 Å². The first-order valence-corrected chi connectivity index (χ1v) is 8.52. The minimum Gasteiger partial charge on any atom is -0.339 e. The van der Waals surface area contributed by atoms with Gasteiger partial charge in [0.1, 0.15) is 0 Å². The summed E-state index contributed by atoms with van der Waals surface area (Å²) in [5, 5.41) is 3.44. The molecule has 0 radical (unpaired) electrons. The van der Waals surface area contributed by atoms with Crippen LogP contribution in [0.3, 0.4) is 0 Å². The van der Waals surface area contributed by atoms with E-state index in [2.05, 4.69) is 27.9 Å². The molecule has 1 aromatic rings. The Bertz CT molecular complexity index is 487. The number of carbonyl (C=O) groups excluding carboxylic acids is 1. The third-order valence-electron chi connectivity index (χ3n) is 4.85. The molecule has 3 nitrogen and oxygen atoms in total. The van der Waals surface area contributed by atoms with E-state index < -0.39 is 0 Å². The van der Waals surface area contributed by atoms with Gasteiger partial charge in [0.05, 0.1) is 0 Å². The number of hydrogen-bond donors (Lipinski definition) is 1. The van der Waals surface area contributed by atoms with E-state index in [1.807, 2.05) is 29.2 Å². The van der Waals surface area contributed by atoms with Gasteiger partial charge in [-0.1, -0.05) is 6.07 Å². The lowest BCUT2D eigenvalue weighted by Gasteiger charge is -2.44. The summed E-state index contributed by atoms with van der Waals surface area (Å²) < 4.78 is 1.13. The van der Waals surface area contributed by atoms with Gasteiger partial charge in [0.25, 0.3) is 5.91 Å². The third kappa shape index (κ3) is 3.01. The molecule has 3 rings (SSSR count). The van der Waals surface area contributed by atoms with Crippen LogP contribution in [-0.4, -0.2) is 37.0 Å². The number of nitrogens with zero attached hydrogens (tertiary/aromatic N) is 1. The Morgan fingerprint density at radius 2 is 1.85 bits per heavy atom. The van der Waals surface area contributed by atoms with Crippen molar-refractivity contribution in [3.05, 3.63) is 33.4 Å². The van der Waals surface area contributed by atoms with Gasteiger partial charge in [-0.05, 0) is 85.0 Å². The van der Waals surface area contributed by atoms with E-state index in [-0.39, 0.29) is 5.91 Å². The van der Waals surface area contributed by atoms with Gasteiger partial charge in [0, 0.05) is 22.2 Å². The van der Waals surface area contributed by atoms with E-state index in [9.17, 15) is 4.79 Å². The zero-order valence-corrected chi connectivity index (χ0v) is 13.9. The molecule has 2 heterocycles. The van der Waals surface area contributed by atoms with Crippen molar-refractivity contribution in [2.45, 2.75) is 25.7 Å². The molecule has 2 aliphatic rings. The maximum Gasteiger partial charge on any atom is 0.253 e. The quantitative estimate of drug-likeness (QED) is 0.756. The number of benzene rings is 1. The predicted molar refractivity (Wildman–Crippen MR) is 88.8 cm³/mol. The molecule has 1 spiro atoms. The van der Waals surface area contributed by atoms with Gasteiger partial charge in [0.15, 0.2) is 0 Å². The summed E-state index contributed by atoms with van der Waals surface area (Å²) in [5.74, 6) is 0.201. The molecule has 2 aliphatic heterocycles. The van der Waals surface area contributed by atoms with E-state index in [1.165, 1.54) is 25.7 Å². The zero-order chi connectivity index (χ0) is 14.0. The zero-order valence-electron chi connectivity index (χ0n) is 11.7. The molecule has 0 bridgehead atoms. The molecule has 2 saturated heterocycles. The summed E-state index contributed by atoms with van der Waals surface area (Å²) in [6.45, 7) is 4.13. The van der Waals surface area contributed by atoms with Crippen molar-refractivity contribution in [2.24, 2.45) is 5.41 Å². The Hall–Kier alpha value is -0.620.